The minimum absolute atomic E-state index is 0.350. The Morgan fingerprint density at radius 1 is 0.842 bits per heavy atom. The van der Waals surface area contributed by atoms with Crippen LogP contribution < -0.4 is 15.4 Å². The maximum absolute atomic E-state index is 12.6. The van der Waals surface area contributed by atoms with Crippen LogP contribution in [0.2, 0.25) is 15.1 Å². The molecule has 0 bridgehead atoms. The highest BCUT2D eigenvalue weighted by molar-refractivity contribution is 6.42. The molecule has 38 heavy (non-hydrogen) atoms. The van der Waals surface area contributed by atoms with Gasteiger partial charge >= 0.3 is 6.03 Å². The first kappa shape index (κ1) is 25.6. The van der Waals surface area contributed by atoms with Gasteiger partial charge in [-0.15, -0.1) is 0 Å². The lowest BCUT2D eigenvalue weighted by molar-refractivity contribution is 0.262. The largest absolute Gasteiger partial charge is 0.497 e. The lowest BCUT2D eigenvalue weighted by atomic mass is 10.0. The van der Waals surface area contributed by atoms with Crippen LogP contribution in [0.25, 0.3) is 28.1 Å². The molecule has 0 unspecified atom stereocenters. The molecule has 0 aliphatic carbocycles. The minimum Gasteiger partial charge on any atom is -0.497 e. The summed E-state index contributed by atoms with van der Waals surface area (Å²) in [7, 11) is 1.59. The molecule has 3 aromatic carbocycles. The first-order valence-electron chi connectivity index (χ1n) is 11.4. The summed E-state index contributed by atoms with van der Waals surface area (Å²) in [5, 5.41) is 11.7. The quantitative estimate of drug-likeness (QED) is 0.218. The number of anilines is 2. The molecule has 0 radical (unpaired) electrons. The lowest BCUT2D eigenvalue weighted by Gasteiger charge is -2.10. The van der Waals surface area contributed by atoms with E-state index >= 15 is 0 Å². The highest BCUT2D eigenvalue weighted by Gasteiger charge is 2.16. The molecule has 0 atom stereocenters. The molecule has 5 rings (SSSR count). The third-order valence-corrected chi connectivity index (χ3v) is 6.59. The van der Waals surface area contributed by atoms with E-state index in [1.807, 2.05) is 48.7 Å². The number of urea groups is 1. The summed E-state index contributed by atoms with van der Waals surface area (Å²) in [6.07, 6.45) is 5.38. The van der Waals surface area contributed by atoms with Gasteiger partial charge in [0.15, 0.2) is 0 Å². The zero-order valence-electron chi connectivity index (χ0n) is 20.0. The van der Waals surface area contributed by atoms with Gasteiger partial charge in [-0.25, -0.2) is 9.48 Å². The topological polar surface area (TPSA) is 81.1 Å². The van der Waals surface area contributed by atoms with Crippen LogP contribution in [0.1, 0.15) is 0 Å². The van der Waals surface area contributed by atoms with E-state index in [9.17, 15) is 4.79 Å². The second-order valence-corrected chi connectivity index (χ2v) is 9.46. The van der Waals surface area contributed by atoms with Crippen molar-refractivity contribution in [2.45, 2.75) is 0 Å². The lowest BCUT2D eigenvalue weighted by Crippen LogP contribution is -2.19. The molecule has 0 saturated heterocycles. The summed E-state index contributed by atoms with van der Waals surface area (Å²) >= 11 is 18.4. The van der Waals surface area contributed by atoms with Gasteiger partial charge in [0.2, 0.25) is 0 Å². The number of halogens is 3. The normalized spacial score (nSPS) is 10.7. The van der Waals surface area contributed by atoms with E-state index in [1.165, 1.54) is 0 Å². The fourth-order valence-corrected chi connectivity index (χ4v) is 4.40. The van der Waals surface area contributed by atoms with E-state index in [4.69, 9.17) is 44.6 Å². The van der Waals surface area contributed by atoms with Crippen LogP contribution in [0, 0.1) is 0 Å². The van der Waals surface area contributed by atoms with Crippen LogP contribution >= 0.6 is 34.8 Å². The fourth-order valence-electron chi connectivity index (χ4n) is 3.87. The number of hydrogen-bond acceptors (Lipinski definition) is 4. The predicted molar refractivity (Wildman–Crippen MR) is 153 cm³/mol. The Morgan fingerprint density at radius 2 is 1.61 bits per heavy atom. The van der Waals surface area contributed by atoms with Crippen molar-refractivity contribution < 1.29 is 9.53 Å². The average molecular weight is 565 g/mol. The first-order chi connectivity index (χ1) is 18.4. The fraction of sp³-hybridized carbons (Fsp3) is 0.0357. The van der Waals surface area contributed by atoms with Gasteiger partial charge in [-0.3, -0.25) is 4.98 Å². The van der Waals surface area contributed by atoms with E-state index in [0.29, 0.717) is 37.9 Å². The second kappa shape index (κ2) is 11.1. The second-order valence-electron chi connectivity index (χ2n) is 8.21. The van der Waals surface area contributed by atoms with Gasteiger partial charge in [-0.05, 0) is 72.3 Å². The van der Waals surface area contributed by atoms with Crippen molar-refractivity contribution in [1.29, 1.82) is 0 Å². The van der Waals surface area contributed by atoms with Crippen molar-refractivity contribution in [2.24, 2.45) is 0 Å². The van der Waals surface area contributed by atoms with Gasteiger partial charge in [0, 0.05) is 46.1 Å². The van der Waals surface area contributed by atoms with E-state index in [1.54, 1.807) is 54.5 Å². The zero-order valence-corrected chi connectivity index (χ0v) is 22.2. The van der Waals surface area contributed by atoms with Gasteiger partial charge < -0.3 is 15.4 Å². The maximum atomic E-state index is 12.6. The molecule has 10 heteroatoms. The summed E-state index contributed by atoms with van der Waals surface area (Å²) < 4.78 is 7.16. The van der Waals surface area contributed by atoms with Gasteiger partial charge in [-0.1, -0.05) is 40.9 Å². The van der Waals surface area contributed by atoms with Crippen LogP contribution in [0.3, 0.4) is 0 Å². The molecule has 2 amide bonds. The average Bonchev–Trinajstić information content (AvgIpc) is 3.37. The number of aromatic nitrogens is 3. The van der Waals surface area contributed by atoms with Gasteiger partial charge in [0.05, 0.1) is 22.8 Å². The van der Waals surface area contributed by atoms with Crippen LogP contribution in [-0.4, -0.2) is 27.9 Å². The highest BCUT2D eigenvalue weighted by Crippen LogP contribution is 2.35. The molecular formula is C28H20Cl3N5O2. The zero-order chi connectivity index (χ0) is 26.6. The first-order valence-corrected chi connectivity index (χ1v) is 12.5. The predicted octanol–water partition coefficient (Wildman–Crippen LogP) is 8.21. The SMILES string of the molecule is COc1cc(Cl)cc(-c2nn(-c3cccc(NC(=O)Nc4ccc(Cl)c(Cl)c4)c3)cc2-c2ccncc2)c1. The Labute approximate surface area is 234 Å². The van der Waals surface area contributed by atoms with Crippen LogP contribution in [-0.2, 0) is 0 Å². The maximum Gasteiger partial charge on any atom is 0.323 e. The van der Waals surface area contributed by atoms with Gasteiger partial charge in [-0.2, -0.15) is 5.10 Å². The van der Waals surface area contributed by atoms with Gasteiger partial charge in [0.25, 0.3) is 0 Å². The van der Waals surface area contributed by atoms with E-state index in [-0.39, 0.29) is 0 Å². The summed E-state index contributed by atoms with van der Waals surface area (Å²) in [6, 6.07) is 21.1. The summed E-state index contributed by atoms with van der Waals surface area (Å²) in [5.74, 6) is 0.627. The van der Waals surface area contributed by atoms with Gasteiger partial charge in [0.1, 0.15) is 11.4 Å². The Kier molecular flexibility index (Phi) is 7.51. The minimum atomic E-state index is -0.426. The molecule has 2 aromatic heterocycles. The molecule has 0 saturated carbocycles. The molecule has 0 aliphatic heterocycles. The highest BCUT2D eigenvalue weighted by atomic mass is 35.5. The van der Waals surface area contributed by atoms with Crippen molar-refractivity contribution >= 4 is 52.2 Å². The molecule has 7 nitrogen and oxygen atoms in total. The monoisotopic (exact) mass is 563 g/mol. The molecular weight excluding hydrogens is 545 g/mol. The number of benzene rings is 3. The van der Waals surface area contributed by atoms with Crippen LogP contribution in [0.5, 0.6) is 5.75 Å². The Bertz CT molecular complexity index is 1620. The van der Waals surface area contributed by atoms with Crippen molar-refractivity contribution in [3.05, 3.63) is 106 Å². The number of hydrogen-bond donors (Lipinski definition) is 2. The third-order valence-electron chi connectivity index (χ3n) is 5.63. The Hall–Kier alpha value is -4.04. The summed E-state index contributed by atoms with van der Waals surface area (Å²) in [4.78, 5) is 16.7. The molecule has 2 heterocycles. The van der Waals surface area contributed by atoms with Crippen LogP contribution in [0.15, 0.2) is 91.4 Å². The number of methoxy groups -OCH3 is 1. The smallest absolute Gasteiger partial charge is 0.323 e. The van der Waals surface area contributed by atoms with Crippen molar-refractivity contribution in [2.75, 3.05) is 17.7 Å². The number of rotatable bonds is 6. The number of nitrogens with one attached hydrogen (secondary N) is 2. The van der Waals surface area contributed by atoms with E-state index < -0.39 is 6.03 Å². The third kappa shape index (κ3) is 5.75. The number of nitrogens with zero attached hydrogens (tertiary/aromatic N) is 3. The van der Waals surface area contributed by atoms with Crippen molar-refractivity contribution in [1.82, 2.24) is 14.8 Å². The molecule has 0 aliphatic rings. The molecule has 5 aromatic rings. The molecule has 0 spiro atoms. The number of carbonyl (C=O) groups is 1. The molecule has 0 fully saturated rings. The standard InChI is InChI=1S/C28H20Cl3N5O2/c1-38-23-12-18(11-19(29)13-23)27-24(17-7-9-32-10-8-17)16-36(35-27)22-4-2-3-20(14-22)33-28(37)34-21-5-6-25(30)26(31)15-21/h2-16H,1H3,(H2,33,34,37). The molecule has 2 N–H and O–H groups in total. The number of pyridine rings is 1. The number of amides is 2. The Morgan fingerprint density at radius 3 is 2.34 bits per heavy atom. The van der Waals surface area contributed by atoms with Crippen molar-refractivity contribution in [3.8, 4) is 33.8 Å². The van der Waals surface area contributed by atoms with Crippen LogP contribution in [0.4, 0.5) is 16.2 Å². The summed E-state index contributed by atoms with van der Waals surface area (Å²) in [6.45, 7) is 0. The number of carbonyl (C=O) groups excluding carboxylic acids is 1. The Balaban J connectivity index is 1.47. The van der Waals surface area contributed by atoms with E-state index in [0.717, 1.165) is 22.4 Å². The number of ether oxygens (including phenoxy) is 1. The summed E-state index contributed by atoms with van der Waals surface area (Å²) in [5.41, 5.74) is 5.18. The van der Waals surface area contributed by atoms with E-state index in [2.05, 4.69) is 15.6 Å². The molecule has 190 valence electrons. The van der Waals surface area contributed by atoms with Crippen molar-refractivity contribution in [3.63, 3.8) is 0 Å².